The van der Waals surface area contributed by atoms with E-state index in [2.05, 4.69) is 10.3 Å². The van der Waals surface area contributed by atoms with Crippen molar-refractivity contribution in [1.82, 2.24) is 28.6 Å². The highest BCUT2D eigenvalue weighted by atomic mass is 35.5. The first kappa shape index (κ1) is 31.5. The highest BCUT2D eigenvalue weighted by molar-refractivity contribution is 6.35. The van der Waals surface area contributed by atoms with Gasteiger partial charge < -0.3 is 24.5 Å². The molecule has 45 heavy (non-hydrogen) atoms. The van der Waals surface area contributed by atoms with E-state index in [0.717, 1.165) is 14.7 Å². The number of nitrogens with one attached hydrogen (secondary N) is 1. The summed E-state index contributed by atoms with van der Waals surface area (Å²) >= 11 is 6.31. The Kier molecular flexibility index (Phi) is 8.59. The van der Waals surface area contributed by atoms with E-state index in [-0.39, 0.29) is 42.4 Å². The summed E-state index contributed by atoms with van der Waals surface area (Å²) in [6, 6.07) is 15.0. The molecule has 0 aliphatic rings. The van der Waals surface area contributed by atoms with Crippen LogP contribution >= 0.6 is 11.6 Å². The van der Waals surface area contributed by atoms with Crippen molar-refractivity contribution in [3.05, 3.63) is 97.5 Å². The Labute approximate surface area is 262 Å². The molecular formula is C31H33ClN6O7. The van der Waals surface area contributed by atoms with E-state index in [0.29, 0.717) is 15.9 Å². The van der Waals surface area contributed by atoms with E-state index >= 15 is 0 Å². The zero-order valence-corrected chi connectivity index (χ0v) is 26.2. The van der Waals surface area contributed by atoms with Gasteiger partial charge in [-0.05, 0) is 44.5 Å². The van der Waals surface area contributed by atoms with Crippen LogP contribution in [0.1, 0.15) is 43.9 Å². The smallest absolute Gasteiger partial charge is 0.416 e. The highest BCUT2D eigenvalue weighted by Gasteiger charge is 2.28. The SMILES string of the molecule is Cn1c(C(COCc2ccccc2)NC(=O)OC(C)(C)C)nc2c1c(=O)n(Cc1cc3c(Cl)cccc3n1C(=O)O)c(=O)n2C. The minimum atomic E-state index is -1.29. The van der Waals surface area contributed by atoms with Gasteiger partial charge in [0.15, 0.2) is 11.2 Å². The van der Waals surface area contributed by atoms with Gasteiger partial charge in [0.1, 0.15) is 17.5 Å². The topological polar surface area (TPSA) is 152 Å². The molecule has 3 aromatic heterocycles. The quantitative estimate of drug-likeness (QED) is 0.254. The van der Waals surface area contributed by atoms with Gasteiger partial charge in [-0.25, -0.2) is 23.9 Å². The van der Waals surface area contributed by atoms with Crippen LogP contribution in [0.5, 0.6) is 0 Å². The van der Waals surface area contributed by atoms with Crippen molar-refractivity contribution < 1.29 is 24.2 Å². The van der Waals surface area contributed by atoms with Gasteiger partial charge in [-0.15, -0.1) is 0 Å². The summed E-state index contributed by atoms with van der Waals surface area (Å²) < 4.78 is 16.0. The Morgan fingerprint density at radius 1 is 1.04 bits per heavy atom. The molecule has 236 valence electrons. The lowest BCUT2D eigenvalue weighted by Gasteiger charge is -2.23. The maximum Gasteiger partial charge on any atom is 0.416 e. The second-order valence-electron chi connectivity index (χ2n) is 11.6. The van der Waals surface area contributed by atoms with Gasteiger partial charge in [0.05, 0.1) is 31.0 Å². The maximum atomic E-state index is 13.9. The van der Waals surface area contributed by atoms with Crippen LogP contribution in [0.3, 0.4) is 0 Å². The molecule has 1 amide bonds. The summed E-state index contributed by atoms with van der Waals surface area (Å²) in [6.45, 7) is 5.09. The van der Waals surface area contributed by atoms with Gasteiger partial charge in [0, 0.05) is 24.5 Å². The maximum absolute atomic E-state index is 13.9. The number of carbonyl (C=O) groups excluding carboxylic acids is 1. The Hall–Kier alpha value is -4.88. The van der Waals surface area contributed by atoms with Crippen molar-refractivity contribution in [2.75, 3.05) is 6.61 Å². The van der Waals surface area contributed by atoms with Crippen LogP contribution < -0.4 is 16.6 Å². The number of nitrogens with zero attached hydrogens (tertiary/aromatic N) is 5. The molecule has 13 nitrogen and oxygen atoms in total. The number of aromatic nitrogens is 5. The average Bonchev–Trinajstić information content (AvgIpc) is 3.52. The van der Waals surface area contributed by atoms with Crippen LogP contribution in [0.25, 0.3) is 22.1 Å². The molecule has 2 aromatic carbocycles. The minimum absolute atomic E-state index is 0.0209. The van der Waals surface area contributed by atoms with Crippen molar-refractivity contribution in [2.24, 2.45) is 14.1 Å². The molecule has 0 spiro atoms. The van der Waals surface area contributed by atoms with E-state index < -0.39 is 35.1 Å². The van der Waals surface area contributed by atoms with Crippen LogP contribution in [0.4, 0.5) is 9.59 Å². The number of hydrogen-bond acceptors (Lipinski definition) is 7. The summed E-state index contributed by atoms with van der Waals surface area (Å²) in [4.78, 5) is 57.0. The van der Waals surface area contributed by atoms with E-state index in [1.165, 1.54) is 16.2 Å². The number of aryl methyl sites for hydroxylation is 2. The fourth-order valence-electron chi connectivity index (χ4n) is 5.16. The number of hydrogen-bond donors (Lipinski definition) is 2. The molecule has 1 atom stereocenters. The van der Waals surface area contributed by atoms with Crippen LogP contribution in [0.2, 0.25) is 5.02 Å². The van der Waals surface area contributed by atoms with Crippen LogP contribution in [-0.4, -0.2) is 52.8 Å². The average molecular weight is 637 g/mol. The van der Waals surface area contributed by atoms with Crippen molar-refractivity contribution in [1.29, 1.82) is 0 Å². The molecule has 1 unspecified atom stereocenters. The number of halogens is 1. The predicted molar refractivity (Wildman–Crippen MR) is 168 cm³/mol. The molecule has 0 aliphatic heterocycles. The third-order valence-electron chi connectivity index (χ3n) is 7.17. The third kappa shape index (κ3) is 6.35. The van der Waals surface area contributed by atoms with Crippen molar-refractivity contribution in [3.8, 4) is 0 Å². The minimum Gasteiger partial charge on any atom is -0.464 e. The first-order valence-electron chi connectivity index (χ1n) is 14.1. The summed E-state index contributed by atoms with van der Waals surface area (Å²) in [7, 11) is 3.05. The van der Waals surface area contributed by atoms with E-state index in [1.807, 2.05) is 30.3 Å². The molecule has 0 radical (unpaired) electrons. The number of amides is 1. The normalized spacial score (nSPS) is 12.5. The Morgan fingerprint density at radius 3 is 2.42 bits per heavy atom. The number of rotatable bonds is 8. The molecule has 14 heteroatoms. The molecule has 5 rings (SSSR count). The monoisotopic (exact) mass is 636 g/mol. The zero-order chi connectivity index (χ0) is 32.6. The fraction of sp³-hybridized carbons (Fsp3) is 0.323. The number of carboxylic acid groups (broad SMARTS) is 1. The van der Waals surface area contributed by atoms with Gasteiger partial charge in [0.2, 0.25) is 0 Å². The van der Waals surface area contributed by atoms with Crippen molar-refractivity contribution in [3.63, 3.8) is 0 Å². The Bertz CT molecular complexity index is 2040. The van der Waals surface area contributed by atoms with E-state index in [4.69, 9.17) is 21.1 Å². The van der Waals surface area contributed by atoms with Crippen LogP contribution in [0.15, 0.2) is 64.2 Å². The van der Waals surface area contributed by atoms with Crippen LogP contribution in [0, 0.1) is 0 Å². The lowest BCUT2D eigenvalue weighted by Crippen LogP contribution is -2.40. The highest BCUT2D eigenvalue weighted by Crippen LogP contribution is 2.27. The standard InChI is InChI=1S/C31H33ClN6O7/c1-31(2,3)45-28(40)33-22(17-44-16-18-10-7-6-8-11-18)25-34-26-24(35(25)4)27(39)37(29(41)36(26)5)15-19-14-20-21(32)12-9-13-23(20)38(19)30(42)43/h6-14,22H,15-17H2,1-5H3,(H,33,40)(H,42,43). The van der Waals surface area contributed by atoms with Gasteiger partial charge in [0.25, 0.3) is 5.56 Å². The lowest BCUT2D eigenvalue weighted by molar-refractivity contribution is 0.0419. The van der Waals surface area contributed by atoms with Gasteiger partial charge in [-0.2, -0.15) is 0 Å². The molecule has 0 aliphatic carbocycles. The van der Waals surface area contributed by atoms with E-state index in [9.17, 15) is 24.3 Å². The fourth-order valence-corrected chi connectivity index (χ4v) is 5.39. The molecule has 5 aromatic rings. The third-order valence-corrected chi connectivity index (χ3v) is 7.50. The largest absolute Gasteiger partial charge is 0.464 e. The van der Waals surface area contributed by atoms with Gasteiger partial charge >= 0.3 is 17.9 Å². The number of carbonyl (C=O) groups is 2. The summed E-state index contributed by atoms with van der Waals surface area (Å²) in [6.07, 6.45) is -2.00. The van der Waals surface area contributed by atoms with Crippen molar-refractivity contribution in [2.45, 2.75) is 45.6 Å². The first-order valence-corrected chi connectivity index (χ1v) is 14.4. The molecule has 0 saturated heterocycles. The number of imidazole rings is 1. The van der Waals surface area contributed by atoms with Crippen LogP contribution in [-0.2, 0) is 36.7 Å². The van der Waals surface area contributed by atoms with E-state index in [1.54, 1.807) is 52.1 Å². The van der Waals surface area contributed by atoms with Gasteiger partial charge in [-0.3, -0.25) is 13.9 Å². The second kappa shape index (κ2) is 12.3. The molecule has 3 heterocycles. The molecule has 2 N–H and O–H groups in total. The Balaban J connectivity index is 1.57. The number of fused-ring (bicyclic) bond motifs is 2. The first-order chi connectivity index (χ1) is 21.3. The summed E-state index contributed by atoms with van der Waals surface area (Å²) in [5, 5.41) is 13.5. The van der Waals surface area contributed by atoms with Crippen molar-refractivity contribution >= 4 is 45.9 Å². The molecule has 0 bridgehead atoms. The molecule has 0 saturated carbocycles. The number of ether oxygens (including phenoxy) is 2. The zero-order valence-electron chi connectivity index (χ0n) is 25.4. The predicted octanol–water partition coefficient (Wildman–Crippen LogP) is 4.40. The number of alkyl carbamates (subject to hydrolysis) is 1. The lowest BCUT2D eigenvalue weighted by atomic mass is 10.2. The molecular weight excluding hydrogens is 604 g/mol. The Morgan fingerprint density at radius 2 is 1.76 bits per heavy atom. The summed E-state index contributed by atoms with van der Waals surface area (Å²) in [5.41, 5.74) is -0.598. The number of benzene rings is 2. The second-order valence-corrected chi connectivity index (χ2v) is 12.0. The molecule has 0 fully saturated rings. The van der Waals surface area contributed by atoms with Gasteiger partial charge in [-0.1, -0.05) is 48.0 Å². The summed E-state index contributed by atoms with van der Waals surface area (Å²) in [5.74, 6) is 0.250.